The number of aryl methyl sites for hydroxylation is 1. The van der Waals surface area contributed by atoms with Crippen molar-refractivity contribution in [2.75, 3.05) is 16.7 Å². The second-order valence-corrected chi connectivity index (χ2v) is 6.68. The Hall–Kier alpha value is -2.07. The van der Waals surface area contributed by atoms with Gasteiger partial charge >= 0.3 is 0 Å². The Kier molecular flexibility index (Phi) is 4.29. The van der Waals surface area contributed by atoms with Crippen LogP contribution in [0.2, 0.25) is 0 Å². The molecule has 1 heterocycles. The molecule has 0 amide bonds. The molecular formula is C18H19NO2S. The maximum atomic E-state index is 12.7. The maximum Gasteiger partial charge on any atom is 0.143 e. The van der Waals surface area contributed by atoms with Crippen molar-refractivity contribution in [3.63, 3.8) is 0 Å². The van der Waals surface area contributed by atoms with Crippen molar-refractivity contribution >= 4 is 16.7 Å². The van der Waals surface area contributed by atoms with E-state index in [9.17, 15) is 4.21 Å². The number of benzene rings is 2. The highest BCUT2D eigenvalue weighted by Crippen LogP contribution is 2.40. The van der Waals surface area contributed by atoms with Gasteiger partial charge in [0.25, 0.3) is 0 Å². The van der Waals surface area contributed by atoms with Gasteiger partial charge in [-0.15, -0.1) is 6.58 Å². The molecule has 2 aromatic carbocycles. The number of nitrogens with zero attached hydrogens (tertiary/aromatic N) is 1. The summed E-state index contributed by atoms with van der Waals surface area (Å²) in [4.78, 5) is 0. The van der Waals surface area contributed by atoms with E-state index in [2.05, 4.69) is 6.58 Å². The van der Waals surface area contributed by atoms with Crippen molar-refractivity contribution in [1.82, 2.24) is 0 Å². The number of hydrogen-bond acceptors (Lipinski definition) is 2. The molecule has 22 heavy (non-hydrogen) atoms. The Labute approximate surface area is 133 Å². The lowest BCUT2D eigenvalue weighted by atomic mass is 10.1. The van der Waals surface area contributed by atoms with Crippen LogP contribution in [-0.4, -0.2) is 16.6 Å². The Balaban J connectivity index is 2.06. The predicted octanol–water partition coefficient (Wildman–Crippen LogP) is 3.78. The summed E-state index contributed by atoms with van der Waals surface area (Å²) in [6.45, 7) is 6.23. The van der Waals surface area contributed by atoms with E-state index in [-0.39, 0.29) is 6.04 Å². The first-order valence-electron chi connectivity index (χ1n) is 7.27. The van der Waals surface area contributed by atoms with Crippen molar-refractivity contribution in [1.29, 1.82) is 0 Å². The van der Waals surface area contributed by atoms with Crippen molar-refractivity contribution in [2.24, 2.45) is 0 Å². The monoisotopic (exact) mass is 313 g/mol. The number of fused-ring (bicyclic) bond motifs is 1. The highest BCUT2D eigenvalue weighted by Gasteiger charge is 2.32. The minimum atomic E-state index is -1.17. The van der Waals surface area contributed by atoms with Gasteiger partial charge in [0.2, 0.25) is 0 Å². The number of anilines is 1. The van der Waals surface area contributed by atoms with Crippen molar-refractivity contribution in [3.8, 4) is 5.75 Å². The zero-order chi connectivity index (χ0) is 15.5. The van der Waals surface area contributed by atoms with Gasteiger partial charge in [-0.3, -0.25) is 4.31 Å². The summed E-state index contributed by atoms with van der Waals surface area (Å²) in [5, 5.41) is 0. The van der Waals surface area contributed by atoms with Crippen molar-refractivity contribution in [3.05, 3.63) is 72.3 Å². The third kappa shape index (κ3) is 2.79. The van der Waals surface area contributed by atoms with E-state index in [1.54, 1.807) is 6.08 Å². The Morgan fingerprint density at radius 1 is 1.32 bits per heavy atom. The maximum absolute atomic E-state index is 12.7. The van der Waals surface area contributed by atoms with Crippen LogP contribution in [0.5, 0.6) is 5.75 Å². The van der Waals surface area contributed by atoms with E-state index in [4.69, 9.17) is 4.74 Å². The second-order valence-electron chi connectivity index (χ2n) is 5.31. The van der Waals surface area contributed by atoms with E-state index in [1.807, 2.05) is 59.8 Å². The molecule has 1 aliphatic rings. The quantitative estimate of drug-likeness (QED) is 0.804. The standard InChI is InChI=1S/C18H19NO2S/c1-3-11-22(20)19-16-10-9-14(2)12-18(16)21-13-17(19)15-7-5-4-6-8-15/h3-10,12,17H,1,11,13H2,2H3. The van der Waals surface area contributed by atoms with Crippen LogP contribution in [0.1, 0.15) is 17.2 Å². The smallest absolute Gasteiger partial charge is 0.143 e. The molecule has 0 fully saturated rings. The third-order valence-corrected chi connectivity index (χ3v) is 5.11. The summed E-state index contributed by atoms with van der Waals surface area (Å²) in [5.41, 5.74) is 3.11. The predicted molar refractivity (Wildman–Crippen MR) is 91.5 cm³/mol. The Morgan fingerprint density at radius 2 is 2.09 bits per heavy atom. The summed E-state index contributed by atoms with van der Waals surface area (Å²) < 4.78 is 20.6. The van der Waals surface area contributed by atoms with Crippen LogP contribution in [0.3, 0.4) is 0 Å². The minimum absolute atomic E-state index is 0.0582. The second kappa shape index (κ2) is 6.36. The molecular weight excluding hydrogens is 294 g/mol. The van der Waals surface area contributed by atoms with Crippen LogP contribution in [0.25, 0.3) is 0 Å². The van der Waals surface area contributed by atoms with Gasteiger partial charge in [-0.05, 0) is 30.2 Å². The number of ether oxygens (including phenoxy) is 1. The van der Waals surface area contributed by atoms with E-state index in [1.165, 1.54) is 0 Å². The molecule has 0 radical (unpaired) electrons. The number of hydrogen-bond donors (Lipinski definition) is 0. The summed E-state index contributed by atoms with van der Waals surface area (Å²) in [6, 6.07) is 16.0. The highest BCUT2D eigenvalue weighted by molar-refractivity contribution is 7.86. The minimum Gasteiger partial charge on any atom is -0.489 e. The summed E-state index contributed by atoms with van der Waals surface area (Å²) in [7, 11) is -1.17. The van der Waals surface area contributed by atoms with E-state index in [0.29, 0.717) is 12.4 Å². The molecule has 0 N–H and O–H groups in total. The molecule has 3 rings (SSSR count). The fourth-order valence-electron chi connectivity index (χ4n) is 2.66. The van der Waals surface area contributed by atoms with Gasteiger partial charge in [-0.2, -0.15) is 0 Å². The first kappa shape index (κ1) is 14.9. The molecule has 3 nitrogen and oxygen atoms in total. The lowest BCUT2D eigenvalue weighted by Gasteiger charge is -2.37. The zero-order valence-corrected chi connectivity index (χ0v) is 13.4. The van der Waals surface area contributed by atoms with Crippen LogP contribution < -0.4 is 9.04 Å². The summed E-state index contributed by atoms with van der Waals surface area (Å²) in [5.74, 6) is 1.22. The molecule has 1 aliphatic heterocycles. The van der Waals surface area contributed by atoms with Crippen LogP contribution in [0.4, 0.5) is 5.69 Å². The fourth-order valence-corrected chi connectivity index (χ4v) is 3.86. The van der Waals surface area contributed by atoms with Gasteiger partial charge in [0.05, 0.1) is 11.4 Å². The SMILES string of the molecule is C=CCS(=O)N1c2ccc(C)cc2OCC1c1ccccc1. The molecule has 0 bridgehead atoms. The molecule has 0 aromatic heterocycles. The Bertz CT molecular complexity index is 699. The normalized spacial score (nSPS) is 18.2. The fraction of sp³-hybridized carbons (Fsp3) is 0.222. The third-order valence-electron chi connectivity index (χ3n) is 3.70. The van der Waals surface area contributed by atoms with Gasteiger partial charge < -0.3 is 4.74 Å². The van der Waals surface area contributed by atoms with E-state index < -0.39 is 11.0 Å². The van der Waals surface area contributed by atoms with Gasteiger partial charge in [0.1, 0.15) is 29.4 Å². The van der Waals surface area contributed by atoms with Crippen LogP contribution in [0.15, 0.2) is 61.2 Å². The van der Waals surface area contributed by atoms with Gasteiger partial charge in [0, 0.05) is 0 Å². The molecule has 0 spiro atoms. The van der Waals surface area contributed by atoms with Crippen LogP contribution >= 0.6 is 0 Å². The summed E-state index contributed by atoms with van der Waals surface area (Å²) in [6.07, 6.45) is 1.70. The van der Waals surface area contributed by atoms with Gasteiger partial charge in [-0.1, -0.05) is 42.5 Å². The molecule has 4 heteroatoms. The largest absolute Gasteiger partial charge is 0.489 e. The van der Waals surface area contributed by atoms with Gasteiger partial charge in [0.15, 0.2) is 0 Å². The van der Waals surface area contributed by atoms with Crippen LogP contribution in [0, 0.1) is 6.92 Å². The van der Waals surface area contributed by atoms with Crippen molar-refractivity contribution < 1.29 is 8.95 Å². The van der Waals surface area contributed by atoms with E-state index in [0.717, 1.165) is 22.6 Å². The number of rotatable bonds is 4. The molecule has 2 unspecified atom stereocenters. The van der Waals surface area contributed by atoms with E-state index >= 15 is 0 Å². The van der Waals surface area contributed by atoms with Crippen LogP contribution in [-0.2, 0) is 11.0 Å². The molecule has 0 saturated carbocycles. The lowest BCUT2D eigenvalue weighted by molar-refractivity contribution is 0.276. The summed E-state index contributed by atoms with van der Waals surface area (Å²) >= 11 is 0. The lowest BCUT2D eigenvalue weighted by Crippen LogP contribution is -2.38. The average Bonchev–Trinajstić information content (AvgIpc) is 2.54. The molecule has 0 saturated heterocycles. The zero-order valence-electron chi connectivity index (χ0n) is 12.6. The average molecular weight is 313 g/mol. The topological polar surface area (TPSA) is 29.5 Å². The molecule has 2 atom stereocenters. The Morgan fingerprint density at radius 3 is 2.82 bits per heavy atom. The molecule has 114 valence electrons. The first-order chi connectivity index (χ1) is 10.7. The first-order valence-corrected chi connectivity index (χ1v) is 8.55. The van der Waals surface area contributed by atoms with Crippen molar-refractivity contribution in [2.45, 2.75) is 13.0 Å². The van der Waals surface area contributed by atoms with Gasteiger partial charge in [-0.25, -0.2) is 4.21 Å². The highest BCUT2D eigenvalue weighted by atomic mass is 32.2. The molecule has 0 aliphatic carbocycles. The molecule has 2 aromatic rings.